The van der Waals surface area contributed by atoms with Gasteiger partial charge in [0.05, 0.1) is 5.69 Å². The van der Waals surface area contributed by atoms with Gasteiger partial charge in [0, 0.05) is 9.77 Å². The van der Waals surface area contributed by atoms with E-state index in [-0.39, 0.29) is 12.3 Å². The molecule has 1 aromatic heterocycles. The van der Waals surface area contributed by atoms with E-state index in [2.05, 4.69) is 38.1 Å². The summed E-state index contributed by atoms with van der Waals surface area (Å²) in [5, 5.41) is 8.75. The lowest BCUT2D eigenvalue weighted by Crippen LogP contribution is -2.21. The van der Waals surface area contributed by atoms with Gasteiger partial charge in [-0.2, -0.15) is 5.10 Å². The van der Waals surface area contributed by atoms with Crippen molar-refractivity contribution < 1.29 is 14.3 Å². The first-order valence-corrected chi connectivity index (χ1v) is 6.45. The van der Waals surface area contributed by atoms with E-state index in [1.807, 2.05) is 18.2 Å². The summed E-state index contributed by atoms with van der Waals surface area (Å²) in [7, 11) is 0. The van der Waals surface area contributed by atoms with E-state index in [1.54, 1.807) is 6.07 Å². The van der Waals surface area contributed by atoms with Crippen LogP contribution in [0.3, 0.4) is 0 Å². The molecule has 1 heterocycles. The first kappa shape index (κ1) is 13.5. The Morgan fingerprint density at radius 1 is 1.32 bits per heavy atom. The van der Waals surface area contributed by atoms with Crippen molar-refractivity contribution in [3.8, 4) is 0 Å². The van der Waals surface area contributed by atoms with Crippen molar-refractivity contribution in [2.45, 2.75) is 0 Å². The number of aromatic nitrogens is 2. The van der Waals surface area contributed by atoms with E-state index in [4.69, 9.17) is 4.74 Å². The zero-order chi connectivity index (χ0) is 13.7. The second-order valence-corrected chi connectivity index (χ2v) is 4.74. The maximum Gasteiger partial charge on any atom is 0.356 e. The third kappa shape index (κ3) is 3.78. The predicted molar refractivity (Wildman–Crippen MR) is 76.7 cm³/mol. The minimum absolute atomic E-state index is 0.210. The molecule has 0 saturated carbocycles. The van der Waals surface area contributed by atoms with Crippen molar-refractivity contribution in [2.75, 3.05) is 11.9 Å². The second-order valence-electron chi connectivity index (χ2n) is 3.57. The summed E-state index contributed by atoms with van der Waals surface area (Å²) in [4.78, 5) is 23.1. The summed E-state index contributed by atoms with van der Waals surface area (Å²) < 4.78 is 5.75. The number of para-hydroxylation sites is 1. The van der Waals surface area contributed by atoms with Crippen molar-refractivity contribution in [1.29, 1.82) is 0 Å². The lowest BCUT2D eigenvalue weighted by atomic mass is 10.3. The van der Waals surface area contributed by atoms with Gasteiger partial charge in [0.15, 0.2) is 6.61 Å². The Morgan fingerprint density at radius 3 is 2.79 bits per heavy atom. The molecule has 1 aromatic carbocycles. The molecule has 2 N–H and O–H groups in total. The smallest absolute Gasteiger partial charge is 0.356 e. The molecule has 0 aliphatic heterocycles. The second kappa shape index (κ2) is 6.32. The third-order valence-electron chi connectivity index (χ3n) is 2.20. The van der Waals surface area contributed by atoms with Crippen LogP contribution < -0.4 is 5.32 Å². The highest BCUT2D eigenvalue weighted by atomic mass is 127. The molecular weight excluding hydrogens is 361 g/mol. The number of H-pyrrole nitrogens is 1. The van der Waals surface area contributed by atoms with Crippen molar-refractivity contribution in [3.63, 3.8) is 0 Å². The van der Waals surface area contributed by atoms with Crippen LogP contribution in [0.2, 0.25) is 0 Å². The summed E-state index contributed by atoms with van der Waals surface area (Å²) in [6.07, 6.45) is 1.43. The Hall–Kier alpha value is -1.90. The molecular formula is C12H10IN3O3. The lowest BCUT2D eigenvalue weighted by Gasteiger charge is -2.07. The molecule has 0 bridgehead atoms. The molecule has 0 atom stereocenters. The number of aromatic amines is 1. The van der Waals surface area contributed by atoms with E-state index in [0.717, 1.165) is 3.57 Å². The molecule has 2 aromatic rings. The summed E-state index contributed by atoms with van der Waals surface area (Å²) in [6.45, 7) is -0.344. The number of nitrogens with zero attached hydrogens (tertiary/aromatic N) is 1. The first-order chi connectivity index (χ1) is 9.16. The van der Waals surface area contributed by atoms with Crippen LogP contribution in [0.5, 0.6) is 0 Å². The maximum absolute atomic E-state index is 11.6. The van der Waals surface area contributed by atoms with E-state index in [9.17, 15) is 9.59 Å². The van der Waals surface area contributed by atoms with Crippen LogP contribution in [0.4, 0.5) is 5.69 Å². The number of esters is 1. The molecule has 0 unspecified atom stereocenters. The van der Waals surface area contributed by atoms with Crippen LogP contribution in [-0.4, -0.2) is 28.7 Å². The van der Waals surface area contributed by atoms with Crippen LogP contribution in [0, 0.1) is 3.57 Å². The van der Waals surface area contributed by atoms with E-state index >= 15 is 0 Å². The molecule has 2 rings (SSSR count). The Labute approximate surface area is 122 Å². The molecule has 0 fully saturated rings. The van der Waals surface area contributed by atoms with Crippen molar-refractivity contribution in [2.24, 2.45) is 0 Å². The molecule has 6 nitrogen and oxygen atoms in total. The number of hydrogen-bond donors (Lipinski definition) is 2. The molecule has 0 saturated heterocycles. The SMILES string of the molecule is O=C(COC(=O)c1ccn[nH]1)Nc1ccccc1I. The highest BCUT2D eigenvalue weighted by molar-refractivity contribution is 14.1. The van der Waals surface area contributed by atoms with Gasteiger partial charge in [-0.15, -0.1) is 0 Å². The van der Waals surface area contributed by atoms with Crippen molar-refractivity contribution in [1.82, 2.24) is 10.2 Å². The van der Waals surface area contributed by atoms with Gasteiger partial charge in [0.2, 0.25) is 0 Å². The van der Waals surface area contributed by atoms with Crippen molar-refractivity contribution in [3.05, 3.63) is 45.8 Å². The molecule has 1 amide bonds. The summed E-state index contributed by atoms with van der Waals surface area (Å²) >= 11 is 2.11. The Morgan fingerprint density at radius 2 is 2.11 bits per heavy atom. The monoisotopic (exact) mass is 371 g/mol. The topological polar surface area (TPSA) is 84.1 Å². The molecule has 0 radical (unpaired) electrons. The number of amides is 1. The number of ether oxygens (including phenoxy) is 1. The Kier molecular flexibility index (Phi) is 4.50. The minimum atomic E-state index is -0.615. The zero-order valence-corrected chi connectivity index (χ0v) is 11.9. The van der Waals surface area contributed by atoms with Gasteiger partial charge in [-0.1, -0.05) is 12.1 Å². The van der Waals surface area contributed by atoms with Gasteiger partial charge in [0.25, 0.3) is 5.91 Å². The lowest BCUT2D eigenvalue weighted by molar-refractivity contribution is -0.119. The molecule has 0 aliphatic rings. The van der Waals surface area contributed by atoms with Crippen LogP contribution in [0.15, 0.2) is 36.5 Å². The normalized spacial score (nSPS) is 9.95. The van der Waals surface area contributed by atoms with Crippen LogP contribution in [-0.2, 0) is 9.53 Å². The largest absolute Gasteiger partial charge is 0.451 e. The van der Waals surface area contributed by atoms with E-state index in [0.29, 0.717) is 5.69 Å². The number of rotatable bonds is 4. The predicted octanol–water partition coefficient (Wildman–Crippen LogP) is 1.81. The fraction of sp³-hybridized carbons (Fsp3) is 0.0833. The van der Waals surface area contributed by atoms with E-state index < -0.39 is 11.9 Å². The zero-order valence-electron chi connectivity index (χ0n) is 9.72. The fourth-order valence-electron chi connectivity index (χ4n) is 1.33. The van der Waals surface area contributed by atoms with Gasteiger partial charge < -0.3 is 10.1 Å². The maximum atomic E-state index is 11.6. The summed E-state index contributed by atoms with van der Waals surface area (Å²) in [5.41, 5.74) is 0.896. The first-order valence-electron chi connectivity index (χ1n) is 5.37. The standard InChI is InChI=1S/C12H10IN3O3/c13-8-3-1-2-4-9(8)15-11(17)7-19-12(18)10-5-6-14-16-10/h1-6H,7H2,(H,14,16)(H,15,17). The van der Waals surface area contributed by atoms with Crippen molar-refractivity contribution >= 4 is 40.2 Å². The number of anilines is 1. The quantitative estimate of drug-likeness (QED) is 0.634. The number of carbonyl (C=O) groups excluding carboxylic acids is 2. The van der Waals surface area contributed by atoms with Gasteiger partial charge in [-0.25, -0.2) is 4.79 Å². The summed E-state index contributed by atoms with van der Waals surface area (Å²) in [6, 6.07) is 8.80. The van der Waals surface area contributed by atoms with Gasteiger partial charge in [0.1, 0.15) is 5.69 Å². The third-order valence-corrected chi connectivity index (χ3v) is 3.14. The molecule has 19 heavy (non-hydrogen) atoms. The van der Waals surface area contributed by atoms with Crippen LogP contribution in [0.25, 0.3) is 0 Å². The van der Waals surface area contributed by atoms with E-state index in [1.165, 1.54) is 12.3 Å². The van der Waals surface area contributed by atoms with Crippen LogP contribution >= 0.6 is 22.6 Å². The average molecular weight is 371 g/mol. The molecule has 0 spiro atoms. The molecule has 7 heteroatoms. The fourth-order valence-corrected chi connectivity index (χ4v) is 1.85. The number of benzene rings is 1. The highest BCUT2D eigenvalue weighted by Crippen LogP contribution is 2.16. The Bertz CT molecular complexity index is 584. The van der Waals surface area contributed by atoms with Crippen LogP contribution in [0.1, 0.15) is 10.5 Å². The van der Waals surface area contributed by atoms with Gasteiger partial charge >= 0.3 is 5.97 Å². The van der Waals surface area contributed by atoms with Gasteiger partial charge in [-0.05, 0) is 40.8 Å². The molecule has 0 aliphatic carbocycles. The molecule has 98 valence electrons. The minimum Gasteiger partial charge on any atom is -0.451 e. The highest BCUT2D eigenvalue weighted by Gasteiger charge is 2.11. The number of nitrogens with one attached hydrogen (secondary N) is 2. The average Bonchev–Trinajstić information content (AvgIpc) is 2.93. The number of carbonyl (C=O) groups is 2. The van der Waals surface area contributed by atoms with Gasteiger partial charge in [-0.3, -0.25) is 9.89 Å². The number of halogens is 1. The number of hydrogen-bond acceptors (Lipinski definition) is 4. The Balaban J connectivity index is 1.86. The summed E-state index contributed by atoms with van der Waals surface area (Å²) in [5.74, 6) is -1.01.